The SMILES string of the molecule is Cc1cc(C)cc(C(=O)c2cc(Cl)ccc2OCCCn2ccc(=O)[nH]c2=O)c1. The maximum absolute atomic E-state index is 13.0. The zero-order valence-electron chi connectivity index (χ0n) is 16.2. The number of carbonyl (C=O) groups is 1. The van der Waals surface area contributed by atoms with Gasteiger partial charge in [0, 0.05) is 29.4 Å². The maximum atomic E-state index is 13.0. The van der Waals surface area contributed by atoms with Crippen LogP contribution >= 0.6 is 11.6 Å². The number of aromatic amines is 1. The van der Waals surface area contributed by atoms with Crippen molar-refractivity contribution in [1.29, 1.82) is 0 Å². The average molecular weight is 413 g/mol. The van der Waals surface area contributed by atoms with Crippen LogP contribution in [0.4, 0.5) is 0 Å². The first-order valence-corrected chi connectivity index (χ1v) is 9.56. The lowest BCUT2D eigenvalue weighted by Crippen LogP contribution is -2.29. The van der Waals surface area contributed by atoms with E-state index in [-0.39, 0.29) is 5.78 Å². The summed E-state index contributed by atoms with van der Waals surface area (Å²) in [7, 11) is 0. The highest BCUT2D eigenvalue weighted by Gasteiger charge is 2.16. The first-order chi connectivity index (χ1) is 13.8. The topological polar surface area (TPSA) is 81.2 Å². The lowest BCUT2D eigenvalue weighted by Gasteiger charge is -2.12. The number of halogens is 1. The van der Waals surface area contributed by atoms with Crippen molar-refractivity contribution in [2.45, 2.75) is 26.8 Å². The summed E-state index contributed by atoms with van der Waals surface area (Å²) in [5, 5.41) is 0.449. The highest BCUT2D eigenvalue weighted by molar-refractivity contribution is 6.31. The lowest BCUT2D eigenvalue weighted by molar-refractivity contribution is 0.103. The predicted octanol–water partition coefficient (Wildman–Crippen LogP) is 3.51. The van der Waals surface area contributed by atoms with E-state index in [1.165, 1.54) is 16.8 Å². The molecule has 2 aromatic carbocycles. The third-order valence-corrected chi connectivity index (χ3v) is 4.60. The number of nitrogens with zero attached hydrogens (tertiary/aromatic N) is 1. The third kappa shape index (κ3) is 5.23. The minimum absolute atomic E-state index is 0.161. The van der Waals surface area contributed by atoms with E-state index >= 15 is 0 Å². The number of aryl methyl sites for hydroxylation is 3. The summed E-state index contributed by atoms with van der Waals surface area (Å²) >= 11 is 6.11. The fourth-order valence-electron chi connectivity index (χ4n) is 3.10. The van der Waals surface area contributed by atoms with E-state index in [4.69, 9.17) is 16.3 Å². The van der Waals surface area contributed by atoms with E-state index in [1.807, 2.05) is 32.0 Å². The molecule has 0 aliphatic carbocycles. The monoisotopic (exact) mass is 412 g/mol. The van der Waals surface area contributed by atoms with Crippen LogP contribution in [0.5, 0.6) is 5.75 Å². The van der Waals surface area contributed by atoms with Gasteiger partial charge in [-0.25, -0.2) is 4.79 Å². The molecule has 6 nitrogen and oxygen atoms in total. The number of benzene rings is 2. The number of hydrogen-bond donors (Lipinski definition) is 1. The molecular weight excluding hydrogens is 392 g/mol. The molecule has 1 aromatic heterocycles. The first-order valence-electron chi connectivity index (χ1n) is 9.18. The van der Waals surface area contributed by atoms with Crippen LogP contribution in [0, 0.1) is 13.8 Å². The average Bonchev–Trinajstić information content (AvgIpc) is 2.66. The molecule has 0 spiro atoms. The number of carbonyl (C=O) groups excluding carboxylic acids is 1. The molecule has 0 unspecified atom stereocenters. The van der Waals surface area contributed by atoms with Gasteiger partial charge in [0.2, 0.25) is 0 Å². The zero-order chi connectivity index (χ0) is 21.0. The van der Waals surface area contributed by atoms with Gasteiger partial charge >= 0.3 is 5.69 Å². The number of aromatic nitrogens is 2. The van der Waals surface area contributed by atoms with Gasteiger partial charge in [0.25, 0.3) is 5.56 Å². The second kappa shape index (κ2) is 8.92. The second-order valence-corrected chi connectivity index (χ2v) is 7.29. The molecule has 0 saturated carbocycles. The summed E-state index contributed by atoms with van der Waals surface area (Å²) in [4.78, 5) is 38.1. The molecular formula is C22H21ClN2O4. The maximum Gasteiger partial charge on any atom is 0.328 e. The molecule has 0 aliphatic heterocycles. The Labute approximate surface area is 172 Å². The minimum atomic E-state index is -0.463. The van der Waals surface area contributed by atoms with E-state index in [0.29, 0.717) is 41.5 Å². The molecule has 0 radical (unpaired) electrons. The number of ketones is 1. The van der Waals surface area contributed by atoms with Crippen molar-refractivity contribution in [1.82, 2.24) is 9.55 Å². The van der Waals surface area contributed by atoms with Crippen LogP contribution in [0.15, 0.2) is 58.3 Å². The van der Waals surface area contributed by atoms with Crippen LogP contribution in [0.1, 0.15) is 33.5 Å². The van der Waals surface area contributed by atoms with Crippen molar-refractivity contribution < 1.29 is 9.53 Å². The highest BCUT2D eigenvalue weighted by atomic mass is 35.5. The summed E-state index contributed by atoms with van der Waals surface area (Å²) in [6.45, 7) is 4.56. The molecule has 1 heterocycles. The molecule has 3 rings (SSSR count). The van der Waals surface area contributed by atoms with Crippen molar-refractivity contribution in [2.75, 3.05) is 6.61 Å². The molecule has 1 N–H and O–H groups in total. The van der Waals surface area contributed by atoms with Crippen molar-refractivity contribution >= 4 is 17.4 Å². The van der Waals surface area contributed by atoms with Crippen LogP contribution in [0.25, 0.3) is 0 Å². The largest absolute Gasteiger partial charge is 0.493 e. The second-order valence-electron chi connectivity index (χ2n) is 6.85. The van der Waals surface area contributed by atoms with E-state index in [1.54, 1.807) is 18.2 Å². The Hall–Kier alpha value is -3.12. The summed E-state index contributed by atoms with van der Waals surface area (Å²) in [5.74, 6) is 0.276. The van der Waals surface area contributed by atoms with Gasteiger partial charge in [0.1, 0.15) is 5.75 Å². The fourth-order valence-corrected chi connectivity index (χ4v) is 3.28. The van der Waals surface area contributed by atoms with Gasteiger partial charge in [-0.1, -0.05) is 28.8 Å². The van der Waals surface area contributed by atoms with E-state index < -0.39 is 11.2 Å². The zero-order valence-corrected chi connectivity index (χ0v) is 17.0. The molecule has 0 bridgehead atoms. The van der Waals surface area contributed by atoms with Gasteiger partial charge < -0.3 is 9.30 Å². The Morgan fingerprint density at radius 1 is 1.07 bits per heavy atom. The van der Waals surface area contributed by atoms with Gasteiger partial charge in [-0.2, -0.15) is 0 Å². The Kier molecular flexibility index (Phi) is 6.34. The van der Waals surface area contributed by atoms with Gasteiger partial charge in [0.05, 0.1) is 12.2 Å². The highest BCUT2D eigenvalue weighted by Crippen LogP contribution is 2.26. The molecule has 0 amide bonds. The number of nitrogens with one attached hydrogen (secondary N) is 1. The Balaban J connectivity index is 1.74. The smallest absolute Gasteiger partial charge is 0.328 e. The standard InChI is InChI=1S/C22H21ClN2O4/c1-14-10-15(2)12-16(11-14)21(27)18-13-17(23)4-5-19(18)29-9-3-7-25-8-6-20(26)24-22(25)28/h4-6,8,10-13H,3,7,9H2,1-2H3,(H,24,26,28). The van der Waals surface area contributed by atoms with E-state index in [0.717, 1.165) is 11.1 Å². The van der Waals surface area contributed by atoms with Crippen LogP contribution < -0.4 is 16.0 Å². The van der Waals surface area contributed by atoms with Crippen LogP contribution in [0.2, 0.25) is 5.02 Å². The van der Waals surface area contributed by atoms with E-state index in [9.17, 15) is 14.4 Å². The van der Waals surface area contributed by atoms with Crippen LogP contribution in [-0.2, 0) is 6.54 Å². The normalized spacial score (nSPS) is 10.7. The van der Waals surface area contributed by atoms with Gasteiger partial charge in [-0.15, -0.1) is 0 Å². The molecule has 0 saturated heterocycles. The predicted molar refractivity (Wildman–Crippen MR) is 112 cm³/mol. The molecule has 0 atom stereocenters. The molecule has 7 heteroatoms. The van der Waals surface area contributed by atoms with E-state index in [2.05, 4.69) is 4.98 Å². The van der Waals surface area contributed by atoms with Gasteiger partial charge in [0.15, 0.2) is 5.78 Å². The lowest BCUT2D eigenvalue weighted by atomic mass is 9.99. The Bertz CT molecular complexity index is 1140. The molecule has 29 heavy (non-hydrogen) atoms. The number of ether oxygens (including phenoxy) is 1. The van der Waals surface area contributed by atoms with Crippen LogP contribution in [-0.4, -0.2) is 21.9 Å². The van der Waals surface area contributed by atoms with Crippen molar-refractivity contribution in [3.8, 4) is 5.75 Å². The molecule has 0 aliphatic rings. The third-order valence-electron chi connectivity index (χ3n) is 4.37. The number of rotatable bonds is 7. The number of hydrogen-bond acceptors (Lipinski definition) is 4. The number of H-pyrrole nitrogens is 1. The summed E-state index contributed by atoms with van der Waals surface area (Å²) in [6, 6.07) is 11.9. The van der Waals surface area contributed by atoms with Crippen molar-refractivity contribution in [3.63, 3.8) is 0 Å². The van der Waals surface area contributed by atoms with Crippen molar-refractivity contribution in [3.05, 3.63) is 96.8 Å². The molecule has 150 valence electrons. The van der Waals surface area contributed by atoms with Crippen LogP contribution in [0.3, 0.4) is 0 Å². The molecule has 0 fully saturated rings. The summed E-state index contributed by atoms with van der Waals surface area (Å²) in [6.07, 6.45) is 1.96. The summed E-state index contributed by atoms with van der Waals surface area (Å²) < 4.78 is 7.21. The van der Waals surface area contributed by atoms with Crippen molar-refractivity contribution in [2.24, 2.45) is 0 Å². The quantitative estimate of drug-likeness (QED) is 0.475. The fraction of sp³-hybridized carbons (Fsp3) is 0.227. The Morgan fingerprint density at radius 3 is 2.48 bits per heavy atom. The minimum Gasteiger partial charge on any atom is -0.493 e. The first kappa shape index (κ1) is 20.6. The Morgan fingerprint density at radius 2 is 1.79 bits per heavy atom. The van der Waals surface area contributed by atoms with Gasteiger partial charge in [-0.05, 0) is 50.6 Å². The van der Waals surface area contributed by atoms with Gasteiger partial charge in [-0.3, -0.25) is 14.6 Å². The molecule has 3 aromatic rings. The summed E-state index contributed by atoms with van der Waals surface area (Å²) in [5.41, 5.74) is 2.08.